The second kappa shape index (κ2) is 7.00. The molecule has 0 spiro atoms. The number of benzene rings is 2. The van der Waals surface area contributed by atoms with E-state index in [1.54, 1.807) is 10.9 Å². The number of nitrogens with zero attached hydrogens (tertiary/aromatic N) is 4. The average Bonchev–Trinajstić information content (AvgIpc) is 3.10. The van der Waals surface area contributed by atoms with Crippen LogP contribution in [-0.2, 0) is 0 Å². The third kappa shape index (κ3) is 3.38. The van der Waals surface area contributed by atoms with Gasteiger partial charge in [-0.2, -0.15) is 5.10 Å². The average molecular weight is 379 g/mol. The van der Waals surface area contributed by atoms with Crippen LogP contribution in [-0.4, -0.2) is 19.7 Å². The second-order valence-corrected chi connectivity index (χ2v) is 7.14. The summed E-state index contributed by atoms with van der Waals surface area (Å²) >= 11 is 6.26. The van der Waals surface area contributed by atoms with Crippen LogP contribution in [0.25, 0.3) is 16.7 Å². The fourth-order valence-electron chi connectivity index (χ4n) is 2.84. The van der Waals surface area contributed by atoms with Gasteiger partial charge in [0.15, 0.2) is 5.65 Å². The van der Waals surface area contributed by atoms with E-state index >= 15 is 0 Å². The number of aryl methyl sites for hydroxylation is 1. The van der Waals surface area contributed by atoms with Crippen LogP contribution < -0.4 is 4.74 Å². The summed E-state index contributed by atoms with van der Waals surface area (Å²) < 4.78 is 7.72. The Bertz CT molecular complexity index is 1100. The van der Waals surface area contributed by atoms with E-state index in [1.165, 1.54) is 11.9 Å². The minimum absolute atomic E-state index is 0.474. The topological polar surface area (TPSA) is 52.8 Å². The Hall–Kier alpha value is -2.92. The van der Waals surface area contributed by atoms with Crippen molar-refractivity contribution in [1.29, 1.82) is 0 Å². The van der Waals surface area contributed by atoms with Gasteiger partial charge in [0.2, 0.25) is 5.88 Å². The van der Waals surface area contributed by atoms with Crippen LogP contribution in [0.2, 0.25) is 5.02 Å². The maximum atomic E-state index is 6.26. The van der Waals surface area contributed by atoms with Gasteiger partial charge < -0.3 is 4.74 Å². The molecule has 0 atom stereocenters. The Morgan fingerprint density at radius 2 is 1.81 bits per heavy atom. The van der Waals surface area contributed by atoms with Crippen LogP contribution in [0.5, 0.6) is 11.6 Å². The molecule has 136 valence electrons. The summed E-state index contributed by atoms with van der Waals surface area (Å²) in [5.74, 6) is 1.68. The van der Waals surface area contributed by atoms with Gasteiger partial charge in [0, 0.05) is 5.02 Å². The highest BCUT2D eigenvalue weighted by atomic mass is 35.5. The fraction of sp³-hybridized carbons (Fsp3) is 0.190. The maximum absolute atomic E-state index is 6.26. The van der Waals surface area contributed by atoms with Crippen LogP contribution in [0.1, 0.15) is 30.9 Å². The lowest BCUT2D eigenvalue weighted by Crippen LogP contribution is -1.98. The molecule has 5 nitrogen and oxygen atoms in total. The minimum atomic E-state index is 0.474. The van der Waals surface area contributed by atoms with E-state index in [-0.39, 0.29) is 0 Å². The van der Waals surface area contributed by atoms with E-state index in [0.717, 1.165) is 22.4 Å². The van der Waals surface area contributed by atoms with E-state index in [2.05, 4.69) is 41.0 Å². The molecule has 2 aromatic carbocycles. The zero-order chi connectivity index (χ0) is 19.0. The predicted octanol–water partition coefficient (Wildman–Crippen LogP) is 5.69. The molecule has 0 aliphatic heterocycles. The third-order valence-corrected chi connectivity index (χ3v) is 4.90. The van der Waals surface area contributed by atoms with Crippen molar-refractivity contribution in [3.63, 3.8) is 0 Å². The SMILES string of the molecule is Cc1ccc(-n2ncc3c(Oc4ccc(C(C)C)cc4)ncnc32)cc1Cl. The van der Waals surface area contributed by atoms with Crippen LogP contribution in [0, 0.1) is 6.92 Å². The molecule has 0 fully saturated rings. The first kappa shape index (κ1) is 17.5. The first-order valence-corrected chi connectivity index (χ1v) is 9.14. The fourth-order valence-corrected chi connectivity index (χ4v) is 3.01. The zero-order valence-electron chi connectivity index (χ0n) is 15.3. The van der Waals surface area contributed by atoms with E-state index in [1.807, 2.05) is 37.3 Å². The standard InChI is InChI=1S/C21H19ClN4O/c1-13(2)15-5-8-17(9-6-15)27-21-18-11-25-26(20(18)23-12-24-21)16-7-4-14(3)19(22)10-16/h4-13H,1-3H3. The van der Waals surface area contributed by atoms with Crippen molar-refractivity contribution >= 4 is 22.6 Å². The van der Waals surface area contributed by atoms with Crippen molar-refractivity contribution in [2.45, 2.75) is 26.7 Å². The quantitative estimate of drug-likeness (QED) is 0.457. The van der Waals surface area contributed by atoms with Gasteiger partial charge in [-0.05, 0) is 48.2 Å². The number of rotatable bonds is 4. The molecule has 0 amide bonds. The Balaban J connectivity index is 1.71. The van der Waals surface area contributed by atoms with Crippen LogP contribution in [0.15, 0.2) is 55.0 Å². The lowest BCUT2D eigenvalue weighted by atomic mass is 10.0. The number of halogens is 1. The summed E-state index contributed by atoms with van der Waals surface area (Å²) in [6.45, 7) is 6.29. The zero-order valence-corrected chi connectivity index (χ0v) is 16.1. The van der Waals surface area contributed by atoms with Gasteiger partial charge in [-0.3, -0.25) is 0 Å². The Kier molecular flexibility index (Phi) is 4.54. The number of hydrogen-bond donors (Lipinski definition) is 0. The van der Waals surface area contributed by atoms with Gasteiger partial charge in [-0.15, -0.1) is 0 Å². The Morgan fingerprint density at radius 3 is 2.52 bits per heavy atom. The molecular weight excluding hydrogens is 360 g/mol. The van der Waals surface area contributed by atoms with Gasteiger partial charge in [0.25, 0.3) is 0 Å². The molecule has 6 heteroatoms. The molecule has 0 aliphatic rings. The monoisotopic (exact) mass is 378 g/mol. The van der Waals surface area contributed by atoms with Gasteiger partial charge in [0.1, 0.15) is 17.5 Å². The lowest BCUT2D eigenvalue weighted by molar-refractivity contribution is 0.468. The summed E-state index contributed by atoms with van der Waals surface area (Å²) in [5.41, 5.74) is 3.78. The third-order valence-electron chi connectivity index (χ3n) is 4.49. The largest absolute Gasteiger partial charge is 0.438 e. The van der Waals surface area contributed by atoms with Crippen LogP contribution in [0.3, 0.4) is 0 Å². The van der Waals surface area contributed by atoms with Crippen molar-refractivity contribution in [1.82, 2.24) is 19.7 Å². The van der Waals surface area contributed by atoms with E-state index in [9.17, 15) is 0 Å². The number of fused-ring (bicyclic) bond motifs is 1. The predicted molar refractivity (Wildman–Crippen MR) is 107 cm³/mol. The molecule has 0 bridgehead atoms. The van der Waals surface area contributed by atoms with E-state index in [4.69, 9.17) is 16.3 Å². The van der Waals surface area contributed by atoms with Crippen molar-refractivity contribution in [2.24, 2.45) is 0 Å². The molecule has 0 radical (unpaired) electrons. The molecule has 4 aromatic rings. The number of ether oxygens (including phenoxy) is 1. The lowest BCUT2D eigenvalue weighted by Gasteiger charge is -2.09. The van der Waals surface area contributed by atoms with Crippen molar-refractivity contribution in [3.05, 3.63) is 71.1 Å². The first-order chi connectivity index (χ1) is 13.0. The molecule has 0 saturated carbocycles. The number of hydrogen-bond acceptors (Lipinski definition) is 4. The maximum Gasteiger partial charge on any atom is 0.233 e. The second-order valence-electron chi connectivity index (χ2n) is 6.73. The Labute approximate surface area is 162 Å². The van der Waals surface area contributed by atoms with Gasteiger partial charge in [0.05, 0.1) is 11.9 Å². The normalized spacial score (nSPS) is 11.3. The summed E-state index contributed by atoms with van der Waals surface area (Å²) in [7, 11) is 0. The summed E-state index contributed by atoms with van der Waals surface area (Å²) in [4.78, 5) is 8.66. The molecule has 2 aromatic heterocycles. The van der Waals surface area contributed by atoms with E-state index in [0.29, 0.717) is 22.5 Å². The van der Waals surface area contributed by atoms with E-state index < -0.39 is 0 Å². The first-order valence-electron chi connectivity index (χ1n) is 8.76. The minimum Gasteiger partial charge on any atom is -0.438 e. The van der Waals surface area contributed by atoms with Gasteiger partial charge in [-0.1, -0.05) is 43.6 Å². The van der Waals surface area contributed by atoms with Gasteiger partial charge >= 0.3 is 0 Å². The molecule has 4 rings (SSSR count). The molecule has 0 aliphatic carbocycles. The van der Waals surface area contributed by atoms with Crippen molar-refractivity contribution in [3.8, 4) is 17.3 Å². The van der Waals surface area contributed by atoms with Crippen molar-refractivity contribution < 1.29 is 4.74 Å². The molecule has 0 N–H and O–H groups in total. The van der Waals surface area contributed by atoms with Crippen LogP contribution in [0.4, 0.5) is 0 Å². The molecule has 27 heavy (non-hydrogen) atoms. The summed E-state index contributed by atoms with van der Waals surface area (Å²) in [5, 5.41) is 5.88. The van der Waals surface area contributed by atoms with Crippen LogP contribution >= 0.6 is 11.6 Å². The summed E-state index contributed by atoms with van der Waals surface area (Å²) in [6.07, 6.45) is 3.19. The highest BCUT2D eigenvalue weighted by Crippen LogP contribution is 2.29. The van der Waals surface area contributed by atoms with Crippen molar-refractivity contribution in [2.75, 3.05) is 0 Å². The number of aromatic nitrogens is 4. The van der Waals surface area contributed by atoms with Gasteiger partial charge in [-0.25, -0.2) is 14.6 Å². The smallest absolute Gasteiger partial charge is 0.233 e. The Morgan fingerprint density at radius 1 is 1.04 bits per heavy atom. The molecule has 2 heterocycles. The summed E-state index contributed by atoms with van der Waals surface area (Å²) in [6, 6.07) is 13.8. The molecule has 0 unspecified atom stereocenters. The molecular formula is C21H19ClN4O. The molecule has 0 saturated heterocycles. The highest BCUT2D eigenvalue weighted by molar-refractivity contribution is 6.31. The highest BCUT2D eigenvalue weighted by Gasteiger charge is 2.13.